The number of rotatable bonds is 3. The fourth-order valence-corrected chi connectivity index (χ4v) is 2.49. The summed E-state index contributed by atoms with van der Waals surface area (Å²) < 4.78 is 40.6. The Morgan fingerprint density at radius 2 is 1.74 bits per heavy atom. The first-order valence-electron chi connectivity index (χ1n) is 6.37. The Labute approximate surface area is 130 Å². The molecule has 2 aromatic carbocycles. The van der Waals surface area contributed by atoms with Crippen molar-refractivity contribution in [3.63, 3.8) is 0 Å². The van der Waals surface area contributed by atoms with Gasteiger partial charge >= 0.3 is 10.4 Å². The molecule has 0 atom stereocenters. The summed E-state index contributed by atoms with van der Waals surface area (Å²) in [5.41, 5.74) is -0.160. The second-order valence-corrected chi connectivity index (χ2v) is 5.66. The molecule has 0 amide bonds. The maximum Gasteiger partial charge on any atom is 0.446 e. The summed E-state index contributed by atoms with van der Waals surface area (Å²) >= 11 is 0. The molecule has 3 aromatic rings. The fraction of sp³-hybridized carbons (Fsp3) is 0. The molecule has 0 spiro atoms. The van der Waals surface area contributed by atoms with E-state index in [0.717, 1.165) is 6.07 Å². The quantitative estimate of drug-likeness (QED) is 0.707. The monoisotopic (exact) mass is 334 g/mol. The molecule has 0 unspecified atom stereocenters. The number of phenolic OH excluding ortho intramolecular Hbond substituents is 1. The van der Waals surface area contributed by atoms with Crippen LogP contribution in [0.4, 0.5) is 0 Å². The van der Waals surface area contributed by atoms with Crippen LogP contribution in [0, 0.1) is 0 Å². The van der Waals surface area contributed by atoms with Gasteiger partial charge in [0.05, 0.1) is 5.39 Å². The predicted octanol–water partition coefficient (Wildman–Crippen LogP) is 2.35. The summed E-state index contributed by atoms with van der Waals surface area (Å²) in [7, 11) is -4.90. The van der Waals surface area contributed by atoms with Gasteiger partial charge in [0.15, 0.2) is 16.8 Å². The number of hydrogen-bond acceptors (Lipinski definition) is 6. The highest BCUT2D eigenvalue weighted by atomic mass is 32.3. The Morgan fingerprint density at radius 1 is 1.04 bits per heavy atom. The molecular weight excluding hydrogens is 324 g/mol. The highest BCUT2D eigenvalue weighted by Gasteiger charge is 2.19. The first-order chi connectivity index (χ1) is 10.8. The van der Waals surface area contributed by atoms with E-state index >= 15 is 0 Å². The van der Waals surface area contributed by atoms with Crippen LogP contribution in [0.2, 0.25) is 0 Å². The van der Waals surface area contributed by atoms with E-state index in [2.05, 4.69) is 4.18 Å². The minimum atomic E-state index is -4.90. The van der Waals surface area contributed by atoms with E-state index in [1.54, 1.807) is 30.3 Å². The molecule has 0 aliphatic rings. The number of hydrogen-bond donors (Lipinski definition) is 2. The maximum atomic E-state index is 12.2. The zero-order valence-electron chi connectivity index (χ0n) is 11.5. The van der Waals surface area contributed by atoms with Crippen molar-refractivity contribution in [1.29, 1.82) is 0 Å². The van der Waals surface area contributed by atoms with Gasteiger partial charge in [-0.05, 0) is 12.1 Å². The zero-order chi connectivity index (χ0) is 16.6. The highest BCUT2D eigenvalue weighted by molar-refractivity contribution is 7.81. The Morgan fingerprint density at radius 3 is 2.39 bits per heavy atom. The van der Waals surface area contributed by atoms with Crippen molar-refractivity contribution in [3.05, 3.63) is 58.8 Å². The van der Waals surface area contributed by atoms with E-state index in [4.69, 9.17) is 8.97 Å². The predicted molar refractivity (Wildman–Crippen MR) is 81.8 cm³/mol. The van der Waals surface area contributed by atoms with Gasteiger partial charge in [-0.1, -0.05) is 30.3 Å². The molecule has 3 rings (SSSR count). The molecule has 23 heavy (non-hydrogen) atoms. The zero-order valence-corrected chi connectivity index (χ0v) is 12.3. The molecule has 0 saturated heterocycles. The molecule has 0 aliphatic carbocycles. The summed E-state index contributed by atoms with van der Waals surface area (Å²) in [6, 6.07) is 12.2. The molecule has 0 bridgehead atoms. The highest BCUT2D eigenvalue weighted by Crippen LogP contribution is 2.36. The Hall–Kier alpha value is -2.84. The van der Waals surface area contributed by atoms with Gasteiger partial charge in [0.1, 0.15) is 5.76 Å². The summed E-state index contributed by atoms with van der Waals surface area (Å²) in [4.78, 5) is 12.2. The standard InChI is InChI=1S/C15H10O7S/c16-11-7-6-10-12(17)8-13(9-4-2-1-3-5-9)21-14(10)15(11)22-23(18,19)20/h1-8,16H,(H,18,19,20). The van der Waals surface area contributed by atoms with Crippen LogP contribution in [0.5, 0.6) is 11.5 Å². The van der Waals surface area contributed by atoms with Crippen LogP contribution in [0.25, 0.3) is 22.3 Å². The van der Waals surface area contributed by atoms with E-state index in [1.807, 2.05) is 0 Å². The maximum absolute atomic E-state index is 12.2. The van der Waals surface area contributed by atoms with Gasteiger partial charge in [0.2, 0.25) is 5.75 Å². The molecule has 0 fully saturated rings. The van der Waals surface area contributed by atoms with Gasteiger partial charge in [-0.15, -0.1) is 0 Å². The first kappa shape index (κ1) is 15.1. The minimum Gasteiger partial charge on any atom is -0.504 e. The number of aromatic hydroxyl groups is 1. The minimum absolute atomic E-state index is 0.00105. The van der Waals surface area contributed by atoms with Crippen molar-refractivity contribution in [2.45, 2.75) is 0 Å². The largest absolute Gasteiger partial charge is 0.504 e. The third kappa shape index (κ3) is 3.03. The normalized spacial score (nSPS) is 11.5. The fourth-order valence-electron chi connectivity index (χ4n) is 2.11. The molecular formula is C15H10O7S. The lowest BCUT2D eigenvalue weighted by Gasteiger charge is -2.08. The third-order valence-corrected chi connectivity index (χ3v) is 3.46. The van der Waals surface area contributed by atoms with Gasteiger partial charge in [0.25, 0.3) is 0 Å². The lowest BCUT2D eigenvalue weighted by molar-refractivity contribution is 0.369. The number of fused-ring (bicyclic) bond motifs is 1. The molecule has 118 valence electrons. The van der Waals surface area contributed by atoms with Crippen LogP contribution in [0.3, 0.4) is 0 Å². The van der Waals surface area contributed by atoms with Gasteiger partial charge in [-0.25, -0.2) is 0 Å². The smallest absolute Gasteiger partial charge is 0.446 e. The van der Waals surface area contributed by atoms with Crippen molar-refractivity contribution in [3.8, 4) is 22.8 Å². The van der Waals surface area contributed by atoms with E-state index in [1.165, 1.54) is 12.1 Å². The lowest BCUT2D eigenvalue weighted by atomic mass is 10.1. The van der Waals surface area contributed by atoms with Gasteiger partial charge in [-0.2, -0.15) is 8.42 Å². The van der Waals surface area contributed by atoms with Crippen molar-refractivity contribution in [2.75, 3.05) is 0 Å². The molecule has 0 radical (unpaired) electrons. The summed E-state index contributed by atoms with van der Waals surface area (Å²) in [5.74, 6) is -1.09. The SMILES string of the molecule is O=c1cc(-c2ccccc2)oc2c(OS(=O)(=O)O)c(O)ccc12. The van der Waals surface area contributed by atoms with Gasteiger partial charge in [-0.3, -0.25) is 9.35 Å². The molecule has 0 saturated carbocycles. The molecule has 7 nitrogen and oxygen atoms in total. The summed E-state index contributed by atoms with van der Waals surface area (Å²) in [5, 5.41) is 9.76. The van der Waals surface area contributed by atoms with Crippen LogP contribution >= 0.6 is 0 Å². The van der Waals surface area contributed by atoms with Crippen molar-refractivity contribution in [2.24, 2.45) is 0 Å². The van der Waals surface area contributed by atoms with Crippen LogP contribution in [0.15, 0.2) is 57.7 Å². The van der Waals surface area contributed by atoms with Crippen molar-refractivity contribution >= 4 is 21.4 Å². The van der Waals surface area contributed by atoms with Crippen LogP contribution in [-0.4, -0.2) is 18.1 Å². The second kappa shape index (κ2) is 5.41. The van der Waals surface area contributed by atoms with Gasteiger partial charge in [0, 0.05) is 11.6 Å². The lowest BCUT2D eigenvalue weighted by Crippen LogP contribution is -2.08. The van der Waals surface area contributed by atoms with Crippen LogP contribution in [-0.2, 0) is 10.4 Å². The van der Waals surface area contributed by atoms with Crippen LogP contribution < -0.4 is 9.61 Å². The van der Waals surface area contributed by atoms with Crippen molar-refractivity contribution < 1.29 is 26.7 Å². The second-order valence-electron chi connectivity index (χ2n) is 4.64. The summed E-state index contributed by atoms with van der Waals surface area (Å²) in [6.07, 6.45) is 0. The molecule has 0 aliphatic heterocycles. The average molecular weight is 334 g/mol. The molecule has 2 N–H and O–H groups in total. The van der Waals surface area contributed by atoms with Crippen molar-refractivity contribution in [1.82, 2.24) is 0 Å². The Bertz CT molecular complexity index is 1040. The molecule has 8 heteroatoms. The van der Waals surface area contributed by atoms with E-state index in [9.17, 15) is 18.3 Å². The van der Waals surface area contributed by atoms with Gasteiger partial charge < -0.3 is 13.7 Å². The number of benzene rings is 2. The molecule has 1 aromatic heterocycles. The molecule has 1 heterocycles. The first-order valence-corrected chi connectivity index (χ1v) is 7.74. The van der Waals surface area contributed by atoms with E-state index < -0.39 is 27.3 Å². The Balaban J connectivity index is 2.33. The summed E-state index contributed by atoms with van der Waals surface area (Å²) in [6.45, 7) is 0. The van der Waals surface area contributed by atoms with Crippen LogP contribution in [0.1, 0.15) is 0 Å². The third-order valence-electron chi connectivity index (χ3n) is 3.08. The topological polar surface area (TPSA) is 114 Å². The van der Waals surface area contributed by atoms with E-state index in [-0.39, 0.29) is 16.7 Å². The number of phenols is 1. The Kier molecular flexibility index (Phi) is 3.55. The average Bonchev–Trinajstić information content (AvgIpc) is 2.50. The van der Waals surface area contributed by atoms with E-state index in [0.29, 0.717) is 5.56 Å².